The first-order chi connectivity index (χ1) is 21.0. The first kappa shape index (κ1) is 34.2. The van der Waals surface area contributed by atoms with Gasteiger partial charge in [0.05, 0.1) is 5.41 Å². The Morgan fingerprint density at radius 3 is 2.09 bits per heavy atom. The molecule has 252 valence electrons. The molecular formula is C39H60O6. The van der Waals surface area contributed by atoms with E-state index in [1.165, 1.54) is 25.0 Å². The predicted molar refractivity (Wildman–Crippen MR) is 176 cm³/mol. The maximum absolute atomic E-state index is 14.1. The molecule has 0 N–H and O–H groups in total. The third-order valence-electron chi connectivity index (χ3n) is 14.8. The van der Waals surface area contributed by atoms with Gasteiger partial charge in [-0.05, 0) is 137 Å². The molecule has 0 amide bonds. The number of esters is 3. The van der Waals surface area contributed by atoms with Crippen LogP contribution in [0.4, 0.5) is 0 Å². The van der Waals surface area contributed by atoms with Crippen LogP contribution in [0.1, 0.15) is 127 Å². The lowest BCUT2D eigenvalue weighted by molar-refractivity contribution is -0.257. The molecule has 6 nitrogen and oxygen atoms in total. The second kappa shape index (κ2) is 11.8. The van der Waals surface area contributed by atoms with Gasteiger partial charge in [-0.1, -0.05) is 45.4 Å². The Balaban J connectivity index is 1.50. The minimum atomic E-state index is -0.434. The highest BCUT2D eigenvalue weighted by Gasteiger charge is 2.72. The van der Waals surface area contributed by atoms with Gasteiger partial charge >= 0.3 is 17.9 Å². The summed E-state index contributed by atoms with van der Waals surface area (Å²) in [6.45, 7) is 24.2. The molecule has 5 aliphatic rings. The Kier molecular flexibility index (Phi) is 9.01. The molecule has 5 saturated carbocycles. The van der Waals surface area contributed by atoms with Gasteiger partial charge in [0.25, 0.3) is 0 Å². The van der Waals surface area contributed by atoms with Gasteiger partial charge in [0.1, 0.15) is 19.3 Å². The lowest BCUT2D eigenvalue weighted by Gasteiger charge is -2.72. The van der Waals surface area contributed by atoms with Gasteiger partial charge in [-0.25, -0.2) is 0 Å². The third-order valence-corrected chi connectivity index (χ3v) is 14.8. The summed E-state index contributed by atoms with van der Waals surface area (Å²) in [7, 11) is 0. The van der Waals surface area contributed by atoms with E-state index in [-0.39, 0.29) is 58.7 Å². The molecule has 5 rings (SSSR count). The SMILES string of the molecule is C=C(C)[C@@H]1CC[C@]2(C(=O)OCC=C(C)C)CC[C@]3(C)C(CCC4[C@@]5(C)CC[C@H](OC(C)=O)[C@@](C)(COC(C)=O)C5CC[C@]43C)C12. The highest BCUT2D eigenvalue weighted by molar-refractivity contribution is 5.78. The number of hydrogen-bond donors (Lipinski definition) is 0. The average molecular weight is 625 g/mol. The van der Waals surface area contributed by atoms with Gasteiger partial charge in [-0.15, -0.1) is 0 Å². The Morgan fingerprint density at radius 2 is 1.47 bits per heavy atom. The highest BCUT2D eigenvalue weighted by Crippen LogP contribution is 2.77. The topological polar surface area (TPSA) is 78.9 Å². The smallest absolute Gasteiger partial charge is 0.312 e. The normalized spacial score (nSPS) is 45.1. The summed E-state index contributed by atoms with van der Waals surface area (Å²) in [5, 5.41) is 0. The molecule has 0 bridgehead atoms. The highest BCUT2D eigenvalue weighted by atomic mass is 16.6. The molecule has 0 radical (unpaired) electrons. The maximum atomic E-state index is 14.1. The lowest BCUT2D eigenvalue weighted by atomic mass is 9.32. The second-order valence-corrected chi connectivity index (χ2v) is 17.1. The zero-order chi connectivity index (χ0) is 33.2. The first-order valence-electron chi connectivity index (χ1n) is 17.7. The van der Waals surface area contributed by atoms with Crippen LogP contribution in [-0.4, -0.2) is 37.2 Å². The number of ether oxygens (including phenoxy) is 3. The minimum Gasteiger partial charge on any atom is -0.465 e. The van der Waals surface area contributed by atoms with Gasteiger partial charge in [0, 0.05) is 19.3 Å². The van der Waals surface area contributed by atoms with Crippen LogP contribution >= 0.6 is 0 Å². The molecule has 0 spiro atoms. The van der Waals surface area contributed by atoms with Crippen LogP contribution in [0.15, 0.2) is 23.8 Å². The summed E-state index contributed by atoms with van der Waals surface area (Å²) in [6, 6.07) is 0. The molecule has 5 fully saturated rings. The second-order valence-electron chi connectivity index (χ2n) is 17.1. The lowest BCUT2D eigenvalue weighted by Crippen LogP contribution is -2.68. The molecule has 0 heterocycles. The molecule has 0 saturated heterocycles. The van der Waals surface area contributed by atoms with Crippen LogP contribution in [0.2, 0.25) is 0 Å². The maximum Gasteiger partial charge on any atom is 0.312 e. The monoisotopic (exact) mass is 624 g/mol. The fourth-order valence-corrected chi connectivity index (χ4v) is 12.6. The average Bonchev–Trinajstić information content (AvgIpc) is 3.35. The summed E-state index contributed by atoms with van der Waals surface area (Å²) < 4.78 is 17.7. The van der Waals surface area contributed by atoms with E-state index < -0.39 is 10.8 Å². The molecular weight excluding hydrogens is 564 g/mol. The van der Waals surface area contributed by atoms with Gasteiger partial charge in [-0.2, -0.15) is 0 Å². The minimum absolute atomic E-state index is 0.0174. The van der Waals surface area contributed by atoms with E-state index in [9.17, 15) is 14.4 Å². The third kappa shape index (κ3) is 5.23. The molecule has 5 aliphatic carbocycles. The van der Waals surface area contributed by atoms with Crippen LogP contribution in [0.5, 0.6) is 0 Å². The van der Waals surface area contributed by atoms with E-state index in [1.807, 2.05) is 19.9 Å². The van der Waals surface area contributed by atoms with E-state index >= 15 is 0 Å². The quantitative estimate of drug-likeness (QED) is 0.160. The standard InChI is InChI=1S/C39H60O6/c1-24(2)16-22-43-34(42)39-19-13-28(25(3)4)33(39)29-11-12-31-35(7)17-15-32(45-27(6)41)36(8,23-44-26(5)40)30(35)14-18-38(31,10)37(29,9)20-21-39/h16,28-33H,3,11-15,17-23H2,1-2,4-10H3/t28-,29?,30?,31?,32-,33?,35-,36-,37+,38+,39-/m0/s1. The number of hydrogen-bond acceptors (Lipinski definition) is 6. The molecule has 11 atom stereocenters. The van der Waals surface area contributed by atoms with Crippen molar-refractivity contribution in [2.45, 2.75) is 133 Å². The number of carbonyl (C=O) groups excluding carboxylic acids is 3. The summed E-state index contributed by atoms with van der Waals surface area (Å²) >= 11 is 0. The summed E-state index contributed by atoms with van der Waals surface area (Å²) in [5.41, 5.74) is 1.77. The zero-order valence-corrected chi connectivity index (χ0v) is 29.7. The first-order valence-corrected chi connectivity index (χ1v) is 17.7. The Morgan fingerprint density at radius 1 is 0.756 bits per heavy atom. The van der Waals surface area contributed by atoms with Crippen molar-refractivity contribution in [3.05, 3.63) is 23.8 Å². The number of rotatable bonds is 7. The van der Waals surface area contributed by atoms with Crippen molar-refractivity contribution in [3.63, 3.8) is 0 Å². The number of fused-ring (bicyclic) bond motifs is 7. The van der Waals surface area contributed by atoms with Gasteiger partial charge in [0.15, 0.2) is 0 Å². The van der Waals surface area contributed by atoms with Crippen molar-refractivity contribution in [1.82, 2.24) is 0 Å². The molecule has 6 heteroatoms. The van der Waals surface area contributed by atoms with Crippen LogP contribution in [0, 0.1) is 56.7 Å². The van der Waals surface area contributed by atoms with Gasteiger partial charge in [-0.3, -0.25) is 14.4 Å². The summed E-state index contributed by atoms with van der Waals surface area (Å²) in [5.74, 6) is 1.31. The Hall–Kier alpha value is -2.11. The van der Waals surface area contributed by atoms with Crippen molar-refractivity contribution in [2.75, 3.05) is 13.2 Å². The molecule has 0 aliphatic heterocycles. The fraction of sp³-hybridized carbons (Fsp3) is 0.821. The van der Waals surface area contributed by atoms with E-state index in [0.717, 1.165) is 64.2 Å². The zero-order valence-electron chi connectivity index (χ0n) is 29.7. The number of allylic oxidation sites excluding steroid dienone is 2. The van der Waals surface area contributed by atoms with E-state index in [0.29, 0.717) is 24.4 Å². The van der Waals surface area contributed by atoms with Crippen molar-refractivity contribution >= 4 is 17.9 Å². The van der Waals surface area contributed by atoms with Gasteiger partial charge in [0.2, 0.25) is 0 Å². The molecule has 0 aromatic rings. The largest absolute Gasteiger partial charge is 0.465 e. The molecule has 0 aromatic carbocycles. The van der Waals surface area contributed by atoms with Crippen molar-refractivity contribution in [1.29, 1.82) is 0 Å². The van der Waals surface area contributed by atoms with Crippen LogP contribution in [0.3, 0.4) is 0 Å². The molecule has 45 heavy (non-hydrogen) atoms. The van der Waals surface area contributed by atoms with Crippen molar-refractivity contribution < 1.29 is 28.6 Å². The molecule has 4 unspecified atom stereocenters. The van der Waals surface area contributed by atoms with E-state index in [2.05, 4.69) is 41.2 Å². The fourth-order valence-electron chi connectivity index (χ4n) is 12.6. The van der Waals surface area contributed by atoms with Crippen LogP contribution in [0.25, 0.3) is 0 Å². The van der Waals surface area contributed by atoms with Crippen LogP contribution < -0.4 is 0 Å². The van der Waals surface area contributed by atoms with Crippen molar-refractivity contribution in [3.8, 4) is 0 Å². The van der Waals surface area contributed by atoms with Gasteiger partial charge < -0.3 is 14.2 Å². The van der Waals surface area contributed by atoms with E-state index in [1.54, 1.807) is 0 Å². The molecule has 0 aromatic heterocycles. The number of carbonyl (C=O) groups is 3. The Labute approximate surface area is 272 Å². The van der Waals surface area contributed by atoms with Crippen LogP contribution in [-0.2, 0) is 28.6 Å². The van der Waals surface area contributed by atoms with Crippen molar-refractivity contribution in [2.24, 2.45) is 56.7 Å². The summed E-state index contributed by atoms with van der Waals surface area (Å²) in [6.07, 6.45) is 11.8. The van der Waals surface area contributed by atoms with E-state index in [4.69, 9.17) is 14.2 Å². The Bertz CT molecular complexity index is 1250. The predicted octanol–water partition coefficient (Wildman–Crippen LogP) is 8.63. The summed E-state index contributed by atoms with van der Waals surface area (Å²) in [4.78, 5) is 38.3.